The van der Waals surface area contributed by atoms with Gasteiger partial charge in [0.15, 0.2) is 0 Å². The van der Waals surface area contributed by atoms with Crippen molar-refractivity contribution in [3.8, 4) is 0 Å². The highest BCUT2D eigenvalue weighted by molar-refractivity contribution is 5.80. The summed E-state index contributed by atoms with van der Waals surface area (Å²) >= 11 is 0. The van der Waals surface area contributed by atoms with E-state index in [1.807, 2.05) is 4.90 Å². The summed E-state index contributed by atoms with van der Waals surface area (Å²) in [5.41, 5.74) is 5.37. The van der Waals surface area contributed by atoms with Gasteiger partial charge in [0.2, 0.25) is 11.8 Å². The molecular formula is C15H24N2O2. The molecule has 2 N–H and O–H groups in total. The number of carbonyl (C=O) groups excluding carboxylic acids is 2. The van der Waals surface area contributed by atoms with Crippen LogP contribution in [-0.4, -0.2) is 29.8 Å². The summed E-state index contributed by atoms with van der Waals surface area (Å²) in [6, 6.07) is 0. The number of hydrogen-bond donors (Lipinski definition) is 1. The molecule has 2 saturated carbocycles. The van der Waals surface area contributed by atoms with Gasteiger partial charge in [0, 0.05) is 19.5 Å². The normalized spacial score (nSPS) is 27.6. The Hall–Kier alpha value is -1.06. The van der Waals surface area contributed by atoms with Gasteiger partial charge in [-0.05, 0) is 56.3 Å². The third-order valence-electron chi connectivity index (χ3n) is 5.04. The average Bonchev–Trinajstić information content (AvgIpc) is 3.29. The molecule has 1 saturated heterocycles. The van der Waals surface area contributed by atoms with Crippen molar-refractivity contribution in [1.29, 1.82) is 0 Å². The van der Waals surface area contributed by atoms with Crippen LogP contribution >= 0.6 is 0 Å². The Balaban J connectivity index is 1.55. The van der Waals surface area contributed by atoms with Gasteiger partial charge in [0.1, 0.15) is 0 Å². The number of nitrogens with zero attached hydrogens (tertiary/aromatic N) is 1. The van der Waals surface area contributed by atoms with Crippen LogP contribution in [-0.2, 0) is 9.59 Å². The number of nitrogens with two attached hydrogens (primary N) is 1. The molecule has 0 aromatic heterocycles. The Bertz CT molecular complexity index is 362. The van der Waals surface area contributed by atoms with Gasteiger partial charge < -0.3 is 10.6 Å². The number of amides is 2. The van der Waals surface area contributed by atoms with Crippen molar-refractivity contribution < 1.29 is 9.59 Å². The Kier molecular flexibility index (Phi) is 3.50. The number of primary amides is 1. The van der Waals surface area contributed by atoms with Crippen molar-refractivity contribution in [2.45, 2.75) is 44.9 Å². The molecule has 2 aliphatic carbocycles. The Labute approximate surface area is 114 Å². The smallest absolute Gasteiger partial charge is 0.222 e. The van der Waals surface area contributed by atoms with E-state index in [0.29, 0.717) is 18.9 Å². The van der Waals surface area contributed by atoms with Crippen molar-refractivity contribution in [1.82, 2.24) is 4.90 Å². The fourth-order valence-corrected chi connectivity index (χ4v) is 3.53. The zero-order chi connectivity index (χ0) is 13.4. The number of likely N-dealkylation sites (tertiary alicyclic amines) is 1. The SMILES string of the molecule is NC(=O)C1CCCN(C(=O)CC(C2CC2)C2CC2)C1. The van der Waals surface area contributed by atoms with Crippen LogP contribution in [0.25, 0.3) is 0 Å². The molecule has 3 aliphatic rings. The van der Waals surface area contributed by atoms with Gasteiger partial charge >= 0.3 is 0 Å². The summed E-state index contributed by atoms with van der Waals surface area (Å²) < 4.78 is 0. The highest BCUT2D eigenvalue weighted by atomic mass is 16.2. The summed E-state index contributed by atoms with van der Waals surface area (Å²) in [7, 11) is 0. The van der Waals surface area contributed by atoms with Crippen LogP contribution in [0, 0.1) is 23.7 Å². The van der Waals surface area contributed by atoms with Crippen molar-refractivity contribution in [3.05, 3.63) is 0 Å². The van der Waals surface area contributed by atoms with E-state index in [9.17, 15) is 9.59 Å². The van der Waals surface area contributed by atoms with Gasteiger partial charge in [-0.2, -0.15) is 0 Å². The van der Waals surface area contributed by atoms with Gasteiger partial charge in [-0.25, -0.2) is 0 Å². The van der Waals surface area contributed by atoms with Gasteiger partial charge in [0.25, 0.3) is 0 Å². The Morgan fingerprint density at radius 1 is 1.11 bits per heavy atom. The molecular weight excluding hydrogens is 240 g/mol. The minimum atomic E-state index is -0.251. The van der Waals surface area contributed by atoms with Crippen molar-refractivity contribution in [3.63, 3.8) is 0 Å². The highest BCUT2D eigenvalue weighted by Crippen LogP contribution is 2.50. The van der Waals surface area contributed by atoms with E-state index in [1.165, 1.54) is 25.7 Å². The molecule has 0 aromatic rings. The summed E-state index contributed by atoms with van der Waals surface area (Å²) in [6.07, 6.45) is 7.74. The van der Waals surface area contributed by atoms with E-state index in [4.69, 9.17) is 5.73 Å². The van der Waals surface area contributed by atoms with Gasteiger partial charge in [-0.15, -0.1) is 0 Å². The molecule has 1 aliphatic heterocycles. The van der Waals surface area contributed by atoms with Gasteiger partial charge in [0.05, 0.1) is 5.92 Å². The summed E-state index contributed by atoms with van der Waals surface area (Å²) in [5.74, 6) is 2.13. The monoisotopic (exact) mass is 264 g/mol. The standard InChI is InChI=1S/C15H24N2O2/c16-15(19)12-2-1-7-17(9-12)14(18)8-13(10-3-4-10)11-5-6-11/h10-13H,1-9H2,(H2,16,19). The van der Waals surface area contributed by atoms with Crippen molar-refractivity contribution >= 4 is 11.8 Å². The molecule has 3 fully saturated rings. The van der Waals surface area contributed by atoms with Crippen LogP contribution < -0.4 is 5.73 Å². The summed E-state index contributed by atoms with van der Waals surface area (Å²) in [6.45, 7) is 1.36. The van der Waals surface area contributed by atoms with Crippen LogP contribution in [0.4, 0.5) is 0 Å². The zero-order valence-corrected chi connectivity index (χ0v) is 11.5. The van der Waals surface area contributed by atoms with Crippen LogP contribution in [0.15, 0.2) is 0 Å². The van der Waals surface area contributed by atoms with Gasteiger partial charge in [-0.1, -0.05) is 0 Å². The molecule has 0 spiro atoms. The van der Waals surface area contributed by atoms with E-state index in [2.05, 4.69) is 0 Å². The maximum atomic E-state index is 12.4. The second kappa shape index (κ2) is 5.14. The topological polar surface area (TPSA) is 63.4 Å². The molecule has 0 bridgehead atoms. The quantitative estimate of drug-likeness (QED) is 0.818. The lowest BCUT2D eigenvalue weighted by Crippen LogP contribution is -2.44. The zero-order valence-electron chi connectivity index (χ0n) is 11.5. The second-order valence-electron chi connectivity index (χ2n) is 6.62. The minimum absolute atomic E-state index is 0.127. The van der Waals surface area contributed by atoms with Crippen LogP contribution in [0.3, 0.4) is 0 Å². The fraction of sp³-hybridized carbons (Fsp3) is 0.867. The first-order chi connectivity index (χ1) is 9.15. The molecule has 0 aromatic carbocycles. The lowest BCUT2D eigenvalue weighted by molar-refractivity contribution is -0.136. The Morgan fingerprint density at radius 2 is 1.74 bits per heavy atom. The molecule has 106 valence electrons. The largest absolute Gasteiger partial charge is 0.369 e. The van der Waals surface area contributed by atoms with E-state index in [1.54, 1.807) is 0 Å². The number of carbonyl (C=O) groups is 2. The first-order valence-electron chi connectivity index (χ1n) is 7.72. The maximum absolute atomic E-state index is 12.4. The lowest BCUT2D eigenvalue weighted by Gasteiger charge is -2.32. The summed E-state index contributed by atoms with van der Waals surface area (Å²) in [5, 5.41) is 0. The molecule has 1 heterocycles. The third kappa shape index (κ3) is 3.10. The average molecular weight is 264 g/mol. The third-order valence-corrected chi connectivity index (χ3v) is 5.04. The highest BCUT2D eigenvalue weighted by Gasteiger charge is 2.43. The number of rotatable bonds is 5. The minimum Gasteiger partial charge on any atom is -0.369 e. The maximum Gasteiger partial charge on any atom is 0.222 e. The number of hydrogen-bond acceptors (Lipinski definition) is 2. The molecule has 0 radical (unpaired) electrons. The molecule has 1 atom stereocenters. The Morgan fingerprint density at radius 3 is 2.26 bits per heavy atom. The predicted molar refractivity (Wildman–Crippen MR) is 72.1 cm³/mol. The van der Waals surface area contributed by atoms with E-state index < -0.39 is 0 Å². The van der Waals surface area contributed by atoms with Crippen LogP contribution in [0.5, 0.6) is 0 Å². The molecule has 2 amide bonds. The van der Waals surface area contributed by atoms with Crippen LogP contribution in [0.2, 0.25) is 0 Å². The fourth-order valence-electron chi connectivity index (χ4n) is 3.53. The van der Waals surface area contributed by atoms with E-state index >= 15 is 0 Å². The van der Waals surface area contributed by atoms with Crippen molar-refractivity contribution in [2.24, 2.45) is 29.4 Å². The van der Waals surface area contributed by atoms with Crippen LogP contribution in [0.1, 0.15) is 44.9 Å². The second-order valence-corrected chi connectivity index (χ2v) is 6.62. The van der Waals surface area contributed by atoms with E-state index in [-0.39, 0.29) is 17.7 Å². The molecule has 1 unspecified atom stereocenters. The molecule has 4 nitrogen and oxygen atoms in total. The van der Waals surface area contributed by atoms with E-state index in [0.717, 1.165) is 31.2 Å². The lowest BCUT2D eigenvalue weighted by atomic mass is 9.92. The van der Waals surface area contributed by atoms with Gasteiger partial charge in [-0.3, -0.25) is 9.59 Å². The molecule has 4 heteroatoms. The summed E-state index contributed by atoms with van der Waals surface area (Å²) in [4.78, 5) is 25.6. The first kappa shape index (κ1) is 12.9. The molecule has 3 rings (SSSR count). The predicted octanol–water partition coefficient (Wildman–Crippen LogP) is 1.54. The van der Waals surface area contributed by atoms with Crippen molar-refractivity contribution in [2.75, 3.05) is 13.1 Å². The molecule has 19 heavy (non-hydrogen) atoms. The number of piperidine rings is 1. The first-order valence-corrected chi connectivity index (χ1v) is 7.72.